The first-order chi connectivity index (χ1) is 6.29. The Balaban J connectivity index is 2.26. The van der Waals surface area contributed by atoms with Gasteiger partial charge in [-0.2, -0.15) is 0 Å². The molecule has 0 aliphatic carbocycles. The average molecular weight is 242 g/mol. The maximum atomic E-state index is 4.30. The number of nitrogens with one attached hydrogen (secondary N) is 2. The van der Waals surface area contributed by atoms with Crippen molar-refractivity contribution in [1.29, 1.82) is 0 Å². The Morgan fingerprint density at radius 3 is 3.31 bits per heavy atom. The number of anilines is 2. The highest BCUT2D eigenvalue weighted by Crippen LogP contribution is 2.26. The minimum absolute atomic E-state index is 0.501. The van der Waals surface area contributed by atoms with Gasteiger partial charge in [-0.15, -0.1) is 0 Å². The Morgan fingerprint density at radius 2 is 2.54 bits per heavy atom. The highest BCUT2D eigenvalue weighted by molar-refractivity contribution is 9.10. The highest BCUT2D eigenvalue weighted by atomic mass is 79.9. The molecular weight excluding hydrogens is 230 g/mol. The zero-order chi connectivity index (χ0) is 9.26. The van der Waals surface area contributed by atoms with Crippen LogP contribution in [0.1, 0.15) is 13.3 Å². The van der Waals surface area contributed by atoms with E-state index in [1.165, 1.54) is 0 Å². The number of hydrogen-bond donors (Lipinski definition) is 2. The summed E-state index contributed by atoms with van der Waals surface area (Å²) in [6, 6.07) is 2.54. The van der Waals surface area contributed by atoms with Gasteiger partial charge in [-0.05, 0) is 28.4 Å². The lowest BCUT2D eigenvalue weighted by molar-refractivity contribution is 0.707. The third-order valence-electron chi connectivity index (χ3n) is 2.23. The van der Waals surface area contributed by atoms with Crippen LogP contribution < -0.4 is 10.6 Å². The second-order valence-corrected chi connectivity index (χ2v) is 4.10. The van der Waals surface area contributed by atoms with Crippen LogP contribution >= 0.6 is 15.9 Å². The van der Waals surface area contributed by atoms with Gasteiger partial charge in [0.1, 0.15) is 5.82 Å². The summed E-state index contributed by atoms with van der Waals surface area (Å²) in [5.41, 5.74) is 1.08. The van der Waals surface area contributed by atoms with Crippen LogP contribution in [0.25, 0.3) is 0 Å². The Kier molecular flexibility index (Phi) is 2.40. The van der Waals surface area contributed by atoms with E-state index < -0.39 is 0 Å². The van der Waals surface area contributed by atoms with Crippen molar-refractivity contribution < 1.29 is 0 Å². The highest BCUT2D eigenvalue weighted by Gasteiger charge is 2.16. The van der Waals surface area contributed by atoms with E-state index in [4.69, 9.17) is 0 Å². The topological polar surface area (TPSA) is 37.0 Å². The molecule has 1 aromatic heterocycles. The van der Waals surface area contributed by atoms with Gasteiger partial charge >= 0.3 is 0 Å². The molecule has 0 spiro atoms. The van der Waals surface area contributed by atoms with Gasteiger partial charge in [0.2, 0.25) is 0 Å². The number of pyridine rings is 1. The molecule has 0 aromatic carbocycles. The van der Waals surface area contributed by atoms with Crippen LogP contribution in [0.3, 0.4) is 0 Å². The second kappa shape index (κ2) is 3.54. The maximum absolute atomic E-state index is 4.30. The molecule has 3 nitrogen and oxygen atoms in total. The van der Waals surface area contributed by atoms with Gasteiger partial charge in [-0.3, -0.25) is 0 Å². The summed E-state index contributed by atoms with van der Waals surface area (Å²) < 4.78 is 1.01. The molecule has 2 N–H and O–H groups in total. The predicted octanol–water partition coefficient (Wildman–Crippen LogP) is 2.46. The third-order valence-corrected chi connectivity index (χ3v) is 2.66. The van der Waals surface area contributed by atoms with Crippen molar-refractivity contribution in [2.75, 3.05) is 17.2 Å². The molecule has 0 fully saturated rings. The van der Waals surface area contributed by atoms with Crippen LogP contribution in [-0.2, 0) is 0 Å². The Hall–Kier alpha value is -0.770. The Bertz CT molecular complexity index is 314. The molecule has 0 amide bonds. The monoisotopic (exact) mass is 241 g/mol. The summed E-state index contributed by atoms with van der Waals surface area (Å²) in [7, 11) is 0. The van der Waals surface area contributed by atoms with E-state index in [0.717, 1.165) is 28.9 Å². The fourth-order valence-electron chi connectivity index (χ4n) is 1.41. The average Bonchev–Trinajstić information content (AvgIpc) is 2.17. The van der Waals surface area contributed by atoms with Crippen LogP contribution in [0.2, 0.25) is 0 Å². The lowest BCUT2D eigenvalue weighted by Crippen LogP contribution is -2.32. The third kappa shape index (κ3) is 1.77. The summed E-state index contributed by atoms with van der Waals surface area (Å²) in [6.07, 6.45) is 2.93. The SMILES string of the molecule is CCC1CNc2cc(Br)cnc2N1. The molecule has 2 heterocycles. The molecule has 2 rings (SSSR count). The first-order valence-corrected chi connectivity index (χ1v) is 5.25. The first-order valence-electron chi connectivity index (χ1n) is 4.45. The molecule has 1 aliphatic rings. The normalized spacial score (nSPS) is 20.0. The van der Waals surface area contributed by atoms with Crippen molar-refractivity contribution >= 4 is 27.4 Å². The van der Waals surface area contributed by atoms with Crippen LogP contribution in [0.15, 0.2) is 16.7 Å². The van der Waals surface area contributed by atoms with Gasteiger partial charge in [0.15, 0.2) is 0 Å². The summed E-state index contributed by atoms with van der Waals surface area (Å²) in [6.45, 7) is 3.14. The summed E-state index contributed by atoms with van der Waals surface area (Å²) >= 11 is 3.39. The van der Waals surface area contributed by atoms with Crippen LogP contribution in [0.5, 0.6) is 0 Å². The fourth-order valence-corrected chi connectivity index (χ4v) is 1.74. The van der Waals surface area contributed by atoms with E-state index in [1.807, 2.05) is 12.3 Å². The molecule has 4 heteroatoms. The molecule has 13 heavy (non-hydrogen) atoms. The van der Waals surface area contributed by atoms with Crippen molar-refractivity contribution in [3.8, 4) is 0 Å². The van der Waals surface area contributed by atoms with E-state index in [9.17, 15) is 0 Å². The van der Waals surface area contributed by atoms with Crippen LogP contribution in [-0.4, -0.2) is 17.6 Å². The molecule has 70 valence electrons. The van der Waals surface area contributed by atoms with Crippen molar-refractivity contribution in [3.63, 3.8) is 0 Å². The zero-order valence-corrected chi connectivity index (χ0v) is 9.06. The lowest BCUT2D eigenvalue weighted by atomic mass is 10.2. The van der Waals surface area contributed by atoms with Crippen LogP contribution in [0, 0.1) is 0 Å². The van der Waals surface area contributed by atoms with Gasteiger partial charge in [-0.25, -0.2) is 4.98 Å². The van der Waals surface area contributed by atoms with Crippen molar-refractivity contribution in [2.24, 2.45) is 0 Å². The van der Waals surface area contributed by atoms with E-state index in [2.05, 4.69) is 38.5 Å². The number of rotatable bonds is 1. The summed E-state index contributed by atoms with van der Waals surface area (Å²) in [5, 5.41) is 6.73. The molecule has 0 bridgehead atoms. The quantitative estimate of drug-likeness (QED) is 0.794. The maximum Gasteiger partial charge on any atom is 0.149 e. The van der Waals surface area contributed by atoms with E-state index in [1.54, 1.807) is 0 Å². The fraction of sp³-hybridized carbons (Fsp3) is 0.444. The van der Waals surface area contributed by atoms with Crippen LogP contribution in [0.4, 0.5) is 11.5 Å². The smallest absolute Gasteiger partial charge is 0.149 e. The largest absolute Gasteiger partial charge is 0.380 e. The minimum atomic E-state index is 0.501. The molecule has 0 saturated carbocycles. The molecule has 1 aromatic rings. The van der Waals surface area contributed by atoms with E-state index >= 15 is 0 Å². The van der Waals surface area contributed by atoms with Crippen molar-refractivity contribution in [2.45, 2.75) is 19.4 Å². The van der Waals surface area contributed by atoms with Crippen molar-refractivity contribution in [3.05, 3.63) is 16.7 Å². The zero-order valence-electron chi connectivity index (χ0n) is 7.47. The van der Waals surface area contributed by atoms with Gasteiger partial charge in [0.05, 0.1) is 5.69 Å². The molecular formula is C9H12BrN3. The Morgan fingerprint density at radius 1 is 1.69 bits per heavy atom. The van der Waals surface area contributed by atoms with Gasteiger partial charge in [0, 0.05) is 23.3 Å². The lowest BCUT2D eigenvalue weighted by Gasteiger charge is -2.26. The van der Waals surface area contributed by atoms with Gasteiger partial charge in [0.25, 0.3) is 0 Å². The van der Waals surface area contributed by atoms with E-state index in [0.29, 0.717) is 6.04 Å². The molecule has 1 aliphatic heterocycles. The molecule has 0 radical (unpaired) electrons. The summed E-state index contributed by atoms with van der Waals surface area (Å²) in [4.78, 5) is 4.30. The minimum Gasteiger partial charge on any atom is -0.380 e. The van der Waals surface area contributed by atoms with Gasteiger partial charge < -0.3 is 10.6 Å². The predicted molar refractivity (Wildman–Crippen MR) is 58.1 cm³/mol. The number of aromatic nitrogens is 1. The number of nitrogens with zero attached hydrogens (tertiary/aromatic N) is 1. The number of fused-ring (bicyclic) bond motifs is 1. The van der Waals surface area contributed by atoms with E-state index in [-0.39, 0.29) is 0 Å². The molecule has 1 atom stereocenters. The Labute approximate surface area is 86.1 Å². The summed E-state index contributed by atoms with van der Waals surface area (Å²) in [5.74, 6) is 0.960. The standard InChI is InChI=1S/C9H12BrN3/c1-2-7-5-11-8-3-6(10)4-12-9(8)13-7/h3-4,7,11H,2,5H2,1H3,(H,12,13). The number of hydrogen-bond acceptors (Lipinski definition) is 3. The van der Waals surface area contributed by atoms with Crippen molar-refractivity contribution in [1.82, 2.24) is 4.98 Å². The first kappa shape index (κ1) is 8.81. The molecule has 0 saturated heterocycles. The van der Waals surface area contributed by atoms with Gasteiger partial charge in [-0.1, -0.05) is 6.92 Å². The molecule has 1 unspecified atom stereocenters. The second-order valence-electron chi connectivity index (χ2n) is 3.18. The number of halogens is 1.